The Hall–Kier alpha value is -2.74. The summed E-state index contributed by atoms with van der Waals surface area (Å²) in [4.78, 5) is 27.5. The second kappa shape index (κ2) is 7.94. The van der Waals surface area contributed by atoms with Gasteiger partial charge >= 0.3 is 0 Å². The van der Waals surface area contributed by atoms with Crippen LogP contribution in [0.25, 0.3) is 0 Å². The highest BCUT2D eigenvalue weighted by atomic mass is 32.2. The van der Waals surface area contributed by atoms with Gasteiger partial charge in [0.15, 0.2) is 11.5 Å². The lowest BCUT2D eigenvalue weighted by Gasteiger charge is -2.22. The Balaban J connectivity index is 1.46. The molecule has 1 N–H and O–H groups in total. The van der Waals surface area contributed by atoms with Crippen LogP contribution in [0.2, 0.25) is 0 Å². The molecule has 0 bridgehead atoms. The molecule has 2 aliphatic rings. The molecule has 0 spiro atoms. The minimum atomic E-state index is -0.547. The van der Waals surface area contributed by atoms with Crippen molar-refractivity contribution in [2.45, 2.75) is 17.8 Å². The van der Waals surface area contributed by atoms with Crippen molar-refractivity contribution in [3.8, 4) is 11.5 Å². The van der Waals surface area contributed by atoms with Crippen molar-refractivity contribution in [1.29, 1.82) is 0 Å². The first-order valence-electron chi connectivity index (χ1n) is 9.26. The first kappa shape index (κ1) is 19.6. The number of amides is 2. The molecule has 2 aliphatic heterocycles. The molecule has 2 aromatic carbocycles. The number of nitrogens with zero attached hydrogens (tertiary/aromatic N) is 1. The quantitative estimate of drug-likeness (QED) is 0.784. The SMILES string of the molecule is COc1ccc2c(c1OC)C(=O)N1[C@@H](C(=O)NCCc3ccc(F)cc3)CS[C@H]21. The second-order valence-corrected chi connectivity index (χ2v) is 7.96. The van der Waals surface area contributed by atoms with Crippen molar-refractivity contribution >= 4 is 23.6 Å². The summed E-state index contributed by atoms with van der Waals surface area (Å²) in [5, 5.41) is 2.70. The van der Waals surface area contributed by atoms with Gasteiger partial charge in [-0.2, -0.15) is 0 Å². The summed E-state index contributed by atoms with van der Waals surface area (Å²) < 4.78 is 23.7. The van der Waals surface area contributed by atoms with E-state index in [0.29, 0.717) is 35.8 Å². The van der Waals surface area contributed by atoms with Crippen molar-refractivity contribution in [3.05, 3.63) is 58.9 Å². The van der Waals surface area contributed by atoms with E-state index in [4.69, 9.17) is 9.47 Å². The van der Waals surface area contributed by atoms with Crippen LogP contribution in [0.1, 0.15) is 26.9 Å². The van der Waals surface area contributed by atoms with E-state index in [1.54, 1.807) is 34.9 Å². The molecule has 2 amide bonds. The van der Waals surface area contributed by atoms with Crippen LogP contribution < -0.4 is 14.8 Å². The van der Waals surface area contributed by atoms with Gasteiger partial charge in [0, 0.05) is 17.9 Å². The molecule has 2 aromatic rings. The van der Waals surface area contributed by atoms with Crippen LogP contribution in [0.4, 0.5) is 4.39 Å². The average Bonchev–Trinajstić information content (AvgIpc) is 3.28. The molecule has 0 aliphatic carbocycles. The van der Waals surface area contributed by atoms with E-state index in [1.165, 1.54) is 26.4 Å². The van der Waals surface area contributed by atoms with Crippen LogP contribution in [0.15, 0.2) is 36.4 Å². The van der Waals surface area contributed by atoms with Crippen LogP contribution >= 0.6 is 11.8 Å². The molecule has 4 rings (SSSR count). The zero-order valence-electron chi connectivity index (χ0n) is 16.1. The summed E-state index contributed by atoms with van der Waals surface area (Å²) in [7, 11) is 3.03. The van der Waals surface area contributed by atoms with Gasteiger partial charge in [0.1, 0.15) is 17.2 Å². The Kier molecular flexibility index (Phi) is 5.36. The molecule has 2 atom stereocenters. The highest BCUT2D eigenvalue weighted by Gasteiger charge is 2.50. The van der Waals surface area contributed by atoms with Crippen LogP contribution in [-0.2, 0) is 11.2 Å². The van der Waals surface area contributed by atoms with Crippen LogP contribution in [-0.4, -0.2) is 49.3 Å². The first-order valence-corrected chi connectivity index (χ1v) is 10.3. The van der Waals surface area contributed by atoms with Crippen molar-refractivity contribution in [3.63, 3.8) is 0 Å². The van der Waals surface area contributed by atoms with E-state index in [2.05, 4.69) is 5.32 Å². The zero-order valence-corrected chi connectivity index (χ0v) is 16.9. The van der Waals surface area contributed by atoms with Crippen LogP contribution in [0.3, 0.4) is 0 Å². The molecule has 8 heteroatoms. The summed E-state index contributed by atoms with van der Waals surface area (Å²) in [5.74, 6) is 0.739. The van der Waals surface area contributed by atoms with E-state index in [1.807, 2.05) is 6.07 Å². The predicted octanol–water partition coefficient (Wildman–Crippen LogP) is 2.77. The molecule has 29 heavy (non-hydrogen) atoms. The Labute approximate surface area is 172 Å². The summed E-state index contributed by atoms with van der Waals surface area (Å²) in [6.07, 6.45) is 0.592. The fraction of sp³-hybridized carbons (Fsp3) is 0.333. The standard InChI is InChI=1S/C21H21FN2O4S/c1-27-16-8-7-14-17(18(16)28-2)20(26)24-15(11-29-21(14)24)19(25)23-10-9-12-3-5-13(22)6-4-12/h3-8,15,21H,9-11H2,1-2H3,(H,23,25)/t15-,21-/m1/s1. The van der Waals surface area contributed by atoms with Gasteiger partial charge in [-0.3, -0.25) is 9.59 Å². The van der Waals surface area contributed by atoms with Gasteiger partial charge in [-0.25, -0.2) is 4.39 Å². The first-order chi connectivity index (χ1) is 14.0. The molecule has 1 saturated heterocycles. The van der Waals surface area contributed by atoms with Gasteiger partial charge in [0.25, 0.3) is 5.91 Å². The Morgan fingerprint density at radius 2 is 1.97 bits per heavy atom. The van der Waals surface area contributed by atoms with Crippen molar-refractivity contribution in [2.75, 3.05) is 26.5 Å². The molecule has 1 fully saturated rings. The lowest BCUT2D eigenvalue weighted by atomic mass is 10.1. The molecule has 0 radical (unpaired) electrons. The van der Waals surface area contributed by atoms with Crippen molar-refractivity contribution in [1.82, 2.24) is 10.2 Å². The topological polar surface area (TPSA) is 67.9 Å². The van der Waals surface area contributed by atoms with E-state index >= 15 is 0 Å². The number of hydrogen-bond donors (Lipinski definition) is 1. The maximum absolute atomic E-state index is 13.1. The molecule has 2 heterocycles. The molecular weight excluding hydrogens is 395 g/mol. The second-order valence-electron chi connectivity index (χ2n) is 6.85. The van der Waals surface area contributed by atoms with E-state index in [-0.39, 0.29) is 23.0 Å². The van der Waals surface area contributed by atoms with Gasteiger partial charge in [-0.1, -0.05) is 18.2 Å². The molecule has 0 saturated carbocycles. The van der Waals surface area contributed by atoms with Gasteiger partial charge < -0.3 is 19.7 Å². The number of fused-ring (bicyclic) bond motifs is 3. The number of carbonyl (C=O) groups is 2. The normalized spacial score (nSPS) is 19.7. The summed E-state index contributed by atoms with van der Waals surface area (Å²) in [6, 6.07) is 9.29. The predicted molar refractivity (Wildman–Crippen MR) is 108 cm³/mol. The average molecular weight is 416 g/mol. The highest BCUT2D eigenvalue weighted by molar-refractivity contribution is 7.99. The number of halogens is 1. The van der Waals surface area contributed by atoms with Crippen LogP contribution in [0, 0.1) is 5.82 Å². The van der Waals surface area contributed by atoms with Crippen molar-refractivity contribution in [2.24, 2.45) is 0 Å². The third-order valence-electron chi connectivity index (χ3n) is 5.22. The van der Waals surface area contributed by atoms with Crippen LogP contribution in [0.5, 0.6) is 11.5 Å². The van der Waals surface area contributed by atoms with Gasteiger partial charge in [-0.15, -0.1) is 11.8 Å². The molecule has 6 nitrogen and oxygen atoms in total. The zero-order chi connectivity index (χ0) is 20.5. The fourth-order valence-corrected chi connectivity index (χ4v) is 5.25. The molecular formula is C21H21FN2O4S. The third-order valence-corrected chi connectivity index (χ3v) is 6.53. The number of ether oxygens (including phenoxy) is 2. The maximum Gasteiger partial charge on any atom is 0.260 e. The number of methoxy groups -OCH3 is 2. The number of benzene rings is 2. The van der Waals surface area contributed by atoms with E-state index in [9.17, 15) is 14.0 Å². The monoisotopic (exact) mass is 416 g/mol. The van der Waals surface area contributed by atoms with Gasteiger partial charge in [0.2, 0.25) is 5.91 Å². The largest absolute Gasteiger partial charge is 0.493 e. The van der Waals surface area contributed by atoms with Gasteiger partial charge in [0.05, 0.1) is 19.8 Å². The number of thioether (sulfide) groups is 1. The lowest BCUT2D eigenvalue weighted by Crippen LogP contribution is -2.46. The van der Waals surface area contributed by atoms with E-state index < -0.39 is 6.04 Å². The third kappa shape index (κ3) is 3.42. The molecule has 152 valence electrons. The summed E-state index contributed by atoms with van der Waals surface area (Å²) in [5.41, 5.74) is 2.25. The maximum atomic E-state index is 13.1. The summed E-state index contributed by atoms with van der Waals surface area (Å²) in [6.45, 7) is 0.419. The number of nitrogens with one attached hydrogen (secondary N) is 1. The minimum absolute atomic E-state index is 0.186. The smallest absolute Gasteiger partial charge is 0.260 e. The molecule has 0 unspecified atom stereocenters. The van der Waals surface area contributed by atoms with Gasteiger partial charge in [-0.05, 0) is 30.2 Å². The Morgan fingerprint density at radius 3 is 2.66 bits per heavy atom. The Morgan fingerprint density at radius 1 is 1.21 bits per heavy atom. The minimum Gasteiger partial charge on any atom is -0.493 e. The lowest BCUT2D eigenvalue weighted by molar-refractivity contribution is -0.124. The Bertz CT molecular complexity index is 950. The number of carbonyl (C=O) groups excluding carboxylic acids is 2. The van der Waals surface area contributed by atoms with Crippen molar-refractivity contribution < 1.29 is 23.5 Å². The highest BCUT2D eigenvalue weighted by Crippen LogP contribution is 2.52. The number of rotatable bonds is 6. The number of hydrogen-bond acceptors (Lipinski definition) is 5. The fourth-order valence-electron chi connectivity index (χ4n) is 3.79. The van der Waals surface area contributed by atoms with E-state index in [0.717, 1.165) is 11.1 Å². The molecule has 0 aromatic heterocycles. The summed E-state index contributed by atoms with van der Waals surface area (Å²) >= 11 is 1.57.